The molecule has 0 aromatic heterocycles. The molecule has 4 nitrogen and oxygen atoms in total. The van der Waals surface area contributed by atoms with Gasteiger partial charge in [-0.15, -0.1) is 0 Å². The van der Waals surface area contributed by atoms with Gasteiger partial charge in [-0.25, -0.2) is 9.59 Å². The highest BCUT2D eigenvalue weighted by Gasteiger charge is 2.89. The molecule has 0 spiro atoms. The molecule has 23 heavy (non-hydrogen) atoms. The maximum absolute atomic E-state index is 12.9. The Balaban J connectivity index is 0. The lowest BCUT2D eigenvalue weighted by Crippen LogP contribution is -2.70. The topological polar surface area (TPSA) is 63.6 Å². The second-order valence-electron chi connectivity index (χ2n) is 3.67. The molecule has 0 amide bonds. The number of carboxylic acids is 1. The number of methoxy groups -OCH3 is 1. The molecule has 0 rings (SSSR count). The van der Waals surface area contributed by atoms with Crippen LogP contribution in [0.15, 0.2) is 0 Å². The molecule has 0 radical (unpaired) electrons. The minimum Gasteiger partial charge on any atom is -0.477 e. The predicted molar refractivity (Wildman–Crippen MR) is 46.9 cm³/mol. The van der Waals surface area contributed by atoms with Crippen molar-refractivity contribution in [3.8, 4) is 0 Å². The van der Waals surface area contributed by atoms with Gasteiger partial charge < -0.3 is 9.84 Å². The number of aliphatic carboxylic acids is 1. The number of hydrogen-bond donors (Lipinski definition) is 1. The molecule has 0 aromatic rings. The number of carbonyl (C=O) groups excluding carboxylic acids is 1. The van der Waals surface area contributed by atoms with E-state index in [-0.39, 0.29) is 11.8 Å². The summed E-state index contributed by atoms with van der Waals surface area (Å²) in [4.78, 5) is 20.1. The molecule has 0 unspecified atom stereocenters. The summed E-state index contributed by atoms with van der Waals surface area (Å²) in [5.41, 5.74) is 0. The number of alkyl halides is 10. The number of esters is 1. The van der Waals surface area contributed by atoms with E-state index in [0.29, 0.717) is 0 Å². The molecular formula is C8H5F11O4. The molecule has 0 aromatic carbocycles. The van der Waals surface area contributed by atoms with E-state index in [2.05, 4.69) is 4.74 Å². The van der Waals surface area contributed by atoms with Gasteiger partial charge >= 0.3 is 41.6 Å². The van der Waals surface area contributed by atoms with Crippen LogP contribution >= 0.6 is 0 Å². The molecule has 0 aliphatic rings. The molecule has 0 aliphatic carbocycles. The van der Waals surface area contributed by atoms with E-state index >= 15 is 0 Å². The van der Waals surface area contributed by atoms with Crippen LogP contribution in [0.4, 0.5) is 48.6 Å². The monoisotopic (exact) mass is 374 g/mol. The fourth-order valence-corrected chi connectivity index (χ4v) is 0.982. The molecule has 0 atom stereocenters. The fraction of sp³-hybridized carbons (Fsp3) is 0.750. The molecule has 1 N–H and O–H groups in total. The van der Waals surface area contributed by atoms with Gasteiger partial charge in [0.1, 0.15) is 0 Å². The van der Waals surface area contributed by atoms with E-state index in [1.807, 2.05) is 0 Å². The second kappa shape index (κ2) is 5.99. The highest BCUT2D eigenvalue weighted by molar-refractivity contribution is 5.80. The zero-order chi connectivity index (χ0) is 18.4. The summed E-state index contributed by atoms with van der Waals surface area (Å²) in [5.74, 6) is -43.4. The first-order valence-electron chi connectivity index (χ1n) is 4.63. The van der Waals surface area contributed by atoms with Gasteiger partial charge in [-0.1, -0.05) is 0 Å². The first kappa shape index (κ1) is 23.4. The van der Waals surface area contributed by atoms with Crippen LogP contribution < -0.4 is 0 Å². The van der Waals surface area contributed by atoms with Crippen LogP contribution in [0.5, 0.6) is 0 Å². The maximum atomic E-state index is 12.9. The standard InChI is InChI=1S/C8H4F10O4.FH/c1-22-3(21)5(11,12)7(15,16)8(17,18)6(13,14)4(9,10)2(19)20;/h1H3,(H,19,20);1H. The van der Waals surface area contributed by atoms with Crippen LogP contribution in [0.3, 0.4) is 0 Å². The third kappa shape index (κ3) is 2.87. The number of ether oxygens (including phenoxy) is 1. The third-order valence-electron chi connectivity index (χ3n) is 2.29. The average Bonchev–Trinajstić information content (AvgIpc) is 2.36. The van der Waals surface area contributed by atoms with Gasteiger partial charge in [0.2, 0.25) is 0 Å². The smallest absolute Gasteiger partial charge is 0.410 e. The molecule has 0 heterocycles. The Kier molecular flexibility index (Phi) is 6.11. The van der Waals surface area contributed by atoms with E-state index < -0.39 is 41.6 Å². The van der Waals surface area contributed by atoms with Crippen molar-refractivity contribution >= 4 is 11.9 Å². The maximum Gasteiger partial charge on any atom is 0.410 e. The lowest BCUT2D eigenvalue weighted by atomic mass is 9.94. The van der Waals surface area contributed by atoms with Crippen LogP contribution in [-0.2, 0) is 14.3 Å². The van der Waals surface area contributed by atoms with Crippen LogP contribution in [0.2, 0.25) is 0 Å². The summed E-state index contributed by atoms with van der Waals surface area (Å²) in [7, 11) is -0.00549. The minimum atomic E-state index is -7.63. The quantitative estimate of drug-likeness (QED) is 0.574. The number of halogens is 11. The minimum absolute atomic E-state index is 0. The largest absolute Gasteiger partial charge is 0.477 e. The SMILES string of the molecule is COC(=O)C(F)(F)C(F)(F)C(F)(F)C(F)(F)C(F)(F)C(=O)O.F. The number of carbonyl (C=O) groups is 2. The summed E-state index contributed by atoms with van der Waals surface area (Å²) < 4.78 is 131. The van der Waals surface area contributed by atoms with Crippen molar-refractivity contribution in [2.45, 2.75) is 29.6 Å². The molecular weight excluding hydrogens is 369 g/mol. The Morgan fingerprint density at radius 3 is 1.30 bits per heavy atom. The average molecular weight is 374 g/mol. The van der Waals surface area contributed by atoms with Crippen LogP contribution in [0.25, 0.3) is 0 Å². The summed E-state index contributed by atoms with van der Waals surface area (Å²) in [6.07, 6.45) is 0. The number of rotatable bonds is 6. The normalized spacial score (nSPS) is 14.0. The van der Waals surface area contributed by atoms with Gasteiger partial charge in [-0.3, -0.25) is 4.70 Å². The number of hydrogen-bond acceptors (Lipinski definition) is 3. The van der Waals surface area contributed by atoms with Crippen molar-refractivity contribution in [1.29, 1.82) is 0 Å². The third-order valence-corrected chi connectivity index (χ3v) is 2.29. The van der Waals surface area contributed by atoms with Crippen molar-refractivity contribution in [3.05, 3.63) is 0 Å². The van der Waals surface area contributed by atoms with E-state index in [4.69, 9.17) is 5.11 Å². The van der Waals surface area contributed by atoms with Crippen LogP contribution in [-0.4, -0.2) is 53.8 Å². The summed E-state index contributed by atoms with van der Waals surface area (Å²) in [6, 6.07) is 0. The summed E-state index contributed by atoms with van der Waals surface area (Å²) >= 11 is 0. The van der Waals surface area contributed by atoms with Crippen molar-refractivity contribution < 1.29 is 68.0 Å². The van der Waals surface area contributed by atoms with Crippen LogP contribution in [0.1, 0.15) is 0 Å². The van der Waals surface area contributed by atoms with Gasteiger partial charge in [0.05, 0.1) is 7.11 Å². The Labute approximate surface area is 118 Å². The summed E-state index contributed by atoms with van der Waals surface area (Å²) in [5, 5.41) is 7.68. The molecule has 0 saturated carbocycles. The highest BCUT2D eigenvalue weighted by Crippen LogP contribution is 2.57. The Morgan fingerprint density at radius 2 is 1.04 bits per heavy atom. The van der Waals surface area contributed by atoms with E-state index in [1.54, 1.807) is 0 Å². The molecule has 0 fully saturated rings. The first-order valence-corrected chi connectivity index (χ1v) is 4.63. The van der Waals surface area contributed by atoms with Gasteiger partial charge in [0, 0.05) is 0 Å². The van der Waals surface area contributed by atoms with Gasteiger partial charge in [0.25, 0.3) is 0 Å². The molecule has 15 heteroatoms. The van der Waals surface area contributed by atoms with E-state index in [0.717, 1.165) is 0 Å². The molecule has 0 aliphatic heterocycles. The highest BCUT2D eigenvalue weighted by atomic mass is 19.4. The van der Waals surface area contributed by atoms with E-state index in [9.17, 15) is 53.5 Å². The van der Waals surface area contributed by atoms with Gasteiger partial charge in [0.15, 0.2) is 0 Å². The molecule has 0 bridgehead atoms. The first-order chi connectivity index (χ1) is 9.42. The lowest BCUT2D eigenvalue weighted by Gasteiger charge is -2.37. The molecule has 0 saturated heterocycles. The Hall–Kier alpha value is -1.83. The van der Waals surface area contributed by atoms with Crippen molar-refractivity contribution in [1.82, 2.24) is 0 Å². The van der Waals surface area contributed by atoms with Crippen molar-refractivity contribution in [3.63, 3.8) is 0 Å². The zero-order valence-corrected chi connectivity index (χ0v) is 10.4. The van der Waals surface area contributed by atoms with Gasteiger partial charge in [-0.05, 0) is 0 Å². The molecule has 138 valence electrons. The predicted octanol–water partition coefficient (Wildman–Crippen LogP) is 2.57. The Bertz CT molecular complexity index is 473. The Morgan fingerprint density at radius 1 is 0.739 bits per heavy atom. The summed E-state index contributed by atoms with van der Waals surface area (Å²) in [6.45, 7) is 0. The van der Waals surface area contributed by atoms with Crippen molar-refractivity contribution in [2.75, 3.05) is 7.11 Å². The van der Waals surface area contributed by atoms with Crippen LogP contribution in [0, 0.1) is 0 Å². The lowest BCUT2D eigenvalue weighted by molar-refractivity contribution is -0.391. The zero-order valence-electron chi connectivity index (χ0n) is 10.4. The second-order valence-corrected chi connectivity index (χ2v) is 3.67. The fourth-order valence-electron chi connectivity index (χ4n) is 0.982. The van der Waals surface area contributed by atoms with Gasteiger partial charge in [-0.2, -0.15) is 43.9 Å². The van der Waals surface area contributed by atoms with E-state index in [1.165, 1.54) is 0 Å². The number of carboxylic acid groups (broad SMARTS) is 1. The van der Waals surface area contributed by atoms with Crippen molar-refractivity contribution in [2.24, 2.45) is 0 Å².